The number of rotatable bonds is 18. The van der Waals surface area contributed by atoms with Crippen molar-refractivity contribution in [3.8, 4) is 0 Å². The molecule has 0 spiro atoms. The van der Waals surface area contributed by atoms with Gasteiger partial charge < -0.3 is 23.3 Å². The lowest BCUT2D eigenvalue weighted by Gasteiger charge is -2.28. The molecule has 0 rings (SSSR count). The van der Waals surface area contributed by atoms with Crippen LogP contribution in [0.15, 0.2) is 0 Å². The highest BCUT2D eigenvalue weighted by Gasteiger charge is 2.39. The predicted molar refractivity (Wildman–Crippen MR) is 121 cm³/mol. The first-order valence-corrected chi connectivity index (χ1v) is 13.6. The van der Waals surface area contributed by atoms with Gasteiger partial charge in [-0.1, -0.05) is 44.9 Å². The SMILES string of the molecule is CCO[Si](CCCCCCCCCCCNC(=O)OC(C)(C)C)(OCC)OCC. The van der Waals surface area contributed by atoms with Crippen LogP contribution in [0.25, 0.3) is 0 Å². The van der Waals surface area contributed by atoms with Gasteiger partial charge in [-0.25, -0.2) is 4.79 Å². The Hall–Kier alpha value is -0.633. The van der Waals surface area contributed by atoms with Crippen LogP contribution in [-0.2, 0) is 18.0 Å². The molecule has 29 heavy (non-hydrogen) atoms. The molecule has 0 aromatic heterocycles. The lowest BCUT2D eigenvalue weighted by Crippen LogP contribution is -2.45. The summed E-state index contributed by atoms with van der Waals surface area (Å²) in [6.45, 7) is 14.3. The van der Waals surface area contributed by atoms with Crippen molar-refractivity contribution in [2.75, 3.05) is 26.4 Å². The Bertz CT molecular complexity index is 384. The van der Waals surface area contributed by atoms with Crippen molar-refractivity contribution in [1.29, 1.82) is 0 Å². The highest BCUT2D eigenvalue weighted by molar-refractivity contribution is 6.60. The number of carbonyl (C=O) groups excluding carboxylic acids is 1. The largest absolute Gasteiger partial charge is 0.500 e. The number of alkyl carbamates (subject to hydrolysis) is 1. The minimum absolute atomic E-state index is 0.317. The summed E-state index contributed by atoms with van der Waals surface area (Å²) in [6.07, 6.45) is 10.5. The number of hydrogen-bond donors (Lipinski definition) is 1. The summed E-state index contributed by atoms with van der Waals surface area (Å²) in [6, 6.07) is 0.924. The van der Waals surface area contributed by atoms with Crippen molar-refractivity contribution in [2.24, 2.45) is 0 Å². The molecule has 0 radical (unpaired) electrons. The third-order valence-electron chi connectivity index (χ3n) is 4.42. The van der Waals surface area contributed by atoms with Crippen molar-refractivity contribution >= 4 is 14.9 Å². The molecule has 0 saturated carbocycles. The predicted octanol–water partition coefficient (Wildman–Crippen LogP) is 6.07. The zero-order chi connectivity index (χ0) is 22.0. The molecule has 1 amide bonds. The average Bonchev–Trinajstić information content (AvgIpc) is 2.62. The van der Waals surface area contributed by atoms with Gasteiger partial charge >= 0.3 is 14.9 Å². The molecule has 0 heterocycles. The van der Waals surface area contributed by atoms with E-state index < -0.39 is 14.4 Å². The van der Waals surface area contributed by atoms with E-state index in [0.29, 0.717) is 26.4 Å². The quantitative estimate of drug-likeness (QED) is 0.210. The van der Waals surface area contributed by atoms with Crippen LogP contribution in [0.4, 0.5) is 4.79 Å². The molecule has 0 saturated heterocycles. The minimum Gasteiger partial charge on any atom is -0.444 e. The van der Waals surface area contributed by atoms with Gasteiger partial charge in [0.05, 0.1) is 0 Å². The van der Waals surface area contributed by atoms with Crippen molar-refractivity contribution in [2.45, 2.75) is 111 Å². The summed E-state index contributed by atoms with van der Waals surface area (Å²) in [7, 11) is -2.45. The highest BCUT2D eigenvalue weighted by Crippen LogP contribution is 2.21. The summed E-state index contributed by atoms with van der Waals surface area (Å²) < 4.78 is 22.9. The van der Waals surface area contributed by atoms with E-state index in [1.54, 1.807) is 0 Å². The molecule has 0 aliphatic carbocycles. The fourth-order valence-corrected chi connectivity index (χ4v) is 5.90. The fraction of sp³-hybridized carbons (Fsp3) is 0.955. The van der Waals surface area contributed by atoms with Crippen LogP contribution in [0.2, 0.25) is 6.04 Å². The topological polar surface area (TPSA) is 66.0 Å². The van der Waals surface area contributed by atoms with E-state index in [-0.39, 0.29) is 6.09 Å². The zero-order valence-corrected chi connectivity index (χ0v) is 20.9. The maximum absolute atomic E-state index is 11.5. The molecule has 0 aromatic carbocycles. The third kappa shape index (κ3) is 16.8. The number of hydrogen-bond acceptors (Lipinski definition) is 5. The van der Waals surface area contributed by atoms with E-state index in [0.717, 1.165) is 25.3 Å². The van der Waals surface area contributed by atoms with E-state index in [1.807, 2.05) is 41.5 Å². The van der Waals surface area contributed by atoms with E-state index in [9.17, 15) is 4.79 Å². The maximum Gasteiger partial charge on any atom is 0.500 e. The molecule has 0 unspecified atom stereocenters. The first kappa shape index (κ1) is 28.4. The fourth-order valence-electron chi connectivity index (χ4n) is 3.21. The summed E-state index contributed by atoms with van der Waals surface area (Å²) in [5.74, 6) is 0. The van der Waals surface area contributed by atoms with Crippen molar-refractivity contribution in [3.63, 3.8) is 0 Å². The van der Waals surface area contributed by atoms with Gasteiger partial charge in [-0.2, -0.15) is 0 Å². The zero-order valence-electron chi connectivity index (χ0n) is 19.9. The van der Waals surface area contributed by atoms with Gasteiger partial charge in [0.1, 0.15) is 5.60 Å². The number of amides is 1. The highest BCUT2D eigenvalue weighted by atomic mass is 28.4. The van der Waals surface area contributed by atoms with Crippen LogP contribution in [0.1, 0.15) is 99.3 Å². The molecule has 7 heteroatoms. The molecule has 0 aromatic rings. The second-order valence-corrected chi connectivity index (χ2v) is 11.1. The molecular weight excluding hydrogens is 386 g/mol. The van der Waals surface area contributed by atoms with Gasteiger partial charge in [-0.05, 0) is 54.4 Å². The van der Waals surface area contributed by atoms with Gasteiger partial charge in [-0.3, -0.25) is 0 Å². The Labute approximate surface area is 180 Å². The smallest absolute Gasteiger partial charge is 0.444 e. The second-order valence-electron chi connectivity index (χ2n) is 8.34. The lowest BCUT2D eigenvalue weighted by molar-refractivity contribution is 0.0526. The summed E-state index contributed by atoms with van der Waals surface area (Å²) >= 11 is 0. The van der Waals surface area contributed by atoms with Gasteiger partial charge in [0.2, 0.25) is 0 Å². The van der Waals surface area contributed by atoms with E-state index in [4.69, 9.17) is 18.0 Å². The molecular formula is C22H47NO5Si. The Morgan fingerprint density at radius 1 is 0.724 bits per heavy atom. The third-order valence-corrected chi connectivity index (χ3v) is 7.57. The summed E-state index contributed by atoms with van der Waals surface area (Å²) in [4.78, 5) is 11.5. The Balaban J connectivity index is 3.62. The molecule has 0 aliphatic heterocycles. The number of unbranched alkanes of at least 4 members (excludes halogenated alkanes) is 8. The number of carbonyl (C=O) groups is 1. The molecule has 174 valence electrons. The monoisotopic (exact) mass is 433 g/mol. The van der Waals surface area contributed by atoms with Gasteiger partial charge in [-0.15, -0.1) is 0 Å². The normalized spacial score (nSPS) is 12.2. The number of ether oxygens (including phenoxy) is 1. The summed E-state index contributed by atoms with van der Waals surface area (Å²) in [5, 5.41) is 2.81. The van der Waals surface area contributed by atoms with Crippen LogP contribution < -0.4 is 5.32 Å². The summed E-state index contributed by atoms with van der Waals surface area (Å²) in [5.41, 5.74) is -0.428. The second kappa shape index (κ2) is 17.1. The van der Waals surface area contributed by atoms with E-state index in [2.05, 4.69) is 5.32 Å². The minimum atomic E-state index is -2.45. The Morgan fingerprint density at radius 3 is 1.55 bits per heavy atom. The van der Waals surface area contributed by atoms with Crippen LogP contribution in [-0.4, -0.2) is 46.9 Å². The van der Waals surface area contributed by atoms with Gasteiger partial charge in [0, 0.05) is 32.4 Å². The average molecular weight is 434 g/mol. The van der Waals surface area contributed by atoms with Crippen LogP contribution >= 0.6 is 0 Å². The Morgan fingerprint density at radius 2 is 1.14 bits per heavy atom. The van der Waals surface area contributed by atoms with Crippen LogP contribution in [0, 0.1) is 0 Å². The van der Waals surface area contributed by atoms with Gasteiger partial charge in [0.25, 0.3) is 0 Å². The first-order valence-electron chi connectivity index (χ1n) is 11.7. The molecule has 0 atom stereocenters. The number of nitrogens with one attached hydrogen (secondary N) is 1. The molecule has 0 aliphatic rings. The standard InChI is InChI=1S/C22H47NO5Si/c1-7-25-29(26-8-2,27-9-3)20-18-16-14-12-10-11-13-15-17-19-23-21(24)28-22(4,5)6/h7-20H2,1-6H3,(H,23,24). The Kier molecular flexibility index (Phi) is 16.7. The van der Waals surface area contributed by atoms with Crippen molar-refractivity contribution < 1.29 is 22.8 Å². The van der Waals surface area contributed by atoms with Crippen molar-refractivity contribution in [1.82, 2.24) is 5.32 Å². The van der Waals surface area contributed by atoms with Crippen LogP contribution in [0.5, 0.6) is 0 Å². The molecule has 1 N–H and O–H groups in total. The van der Waals surface area contributed by atoms with Crippen molar-refractivity contribution in [3.05, 3.63) is 0 Å². The lowest BCUT2D eigenvalue weighted by atomic mass is 10.1. The maximum atomic E-state index is 11.5. The first-order chi connectivity index (χ1) is 13.8. The van der Waals surface area contributed by atoms with E-state index in [1.165, 1.54) is 38.5 Å². The molecule has 6 nitrogen and oxygen atoms in total. The molecule has 0 bridgehead atoms. The van der Waals surface area contributed by atoms with E-state index >= 15 is 0 Å². The van der Waals surface area contributed by atoms with Gasteiger partial charge in [0.15, 0.2) is 0 Å². The van der Waals surface area contributed by atoms with Crippen LogP contribution in [0.3, 0.4) is 0 Å². The molecule has 0 fully saturated rings.